The van der Waals surface area contributed by atoms with E-state index < -0.39 is 0 Å². The Labute approximate surface area is 99.9 Å². The summed E-state index contributed by atoms with van der Waals surface area (Å²) in [6.45, 7) is 0.619. The van der Waals surface area contributed by atoms with Gasteiger partial charge in [0.1, 0.15) is 5.75 Å². The van der Waals surface area contributed by atoms with E-state index >= 15 is 0 Å². The number of hydrogen-bond donors (Lipinski definition) is 0. The van der Waals surface area contributed by atoms with Gasteiger partial charge < -0.3 is 4.74 Å². The van der Waals surface area contributed by atoms with Gasteiger partial charge in [0.15, 0.2) is 6.29 Å². The first-order valence-electron chi connectivity index (χ1n) is 4.21. The molecule has 0 amide bonds. The summed E-state index contributed by atoms with van der Waals surface area (Å²) in [5.41, 5.74) is 0.578. The standard InChI is InChI=1S/C10H10Br2O2/c11-4-1-5-14-10-3-2-9(12)6-8(10)7-13/h2-3,6-7H,1,4-5H2. The fourth-order valence-electron chi connectivity index (χ4n) is 0.980. The summed E-state index contributed by atoms with van der Waals surface area (Å²) in [6.07, 6.45) is 1.72. The minimum absolute atomic E-state index is 0.578. The van der Waals surface area contributed by atoms with Gasteiger partial charge in [0.25, 0.3) is 0 Å². The molecule has 0 aromatic heterocycles. The minimum Gasteiger partial charge on any atom is -0.493 e. The lowest BCUT2D eigenvalue weighted by Crippen LogP contribution is -2.00. The van der Waals surface area contributed by atoms with Crippen molar-refractivity contribution < 1.29 is 9.53 Å². The molecular weight excluding hydrogens is 312 g/mol. The predicted molar refractivity (Wildman–Crippen MR) is 63.4 cm³/mol. The number of aldehydes is 1. The van der Waals surface area contributed by atoms with Crippen molar-refractivity contribution in [2.75, 3.05) is 11.9 Å². The molecule has 1 aromatic rings. The van der Waals surface area contributed by atoms with Gasteiger partial charge >= 0.3 is 0 Å². The molecule has 1 aromatic carbocycles. The highest BCUT2D eigenvalue weighted by molar-refractivity contribution is 9.10. The molecule has 0 fully saturated rings. The number of hydrogen-bond acceptors (Lipinski definition) is 2. The highest BCUT2D eigenvalue weighted by atomic mass is 79.9. The van der Waals surface area contributed by atoms with Crippen LogP contribution in [0.1, 0.15) is 16.8 Å². The largest absolute Gasteiger partial charge is 0.493 e. The number of ether oxygens (including phenoxy) is 1. The van der Waals surface area contributed by atoms with Crippen molar-refractivity contribution in [1.82, 2.24) is 0 Å². The zero-order valence-corrected chi connectivity index (χ0v) is 10.7. The van der Waals surface area contributed by atoms with Gasteiger partial charge in [-0.3, -0.25) is 4.79 Å². The molecule has 0 aliphatic rings. The van der Waals surface area contributed by atoms with Crippen LogP contribution in [-0.2, 0) is 0 Å². The van der Waals surface area contributed by atoms with E-state index in [1.807, 2.05) is 6.07 Å². The van der Waals surface area contributed by atoms with Crippen molar-refractivity contribution in [2.24, 2.45) is 0 Å². The maximum Gasteiger partial charge on any atom is 0.153 e. The monoisotopic (exact) mass is 320 g/mol. The smallest absolute Gasteiger partial charge is 0.153 e. The van der Waals surface area contributed by atoms with Crippen LogP contribution in [0.2, 0.25) is 0 Å². The number of halogens is 2. The van der Waals surface area contributed by atoms with Gasteiger partial charge in [0, 0.05) is 9.80 Å². The van der Waals surface area contributed by atoms with Crippen LogP contribution in [0.15, 0.2) is 22.7 Å². The number of alkyl halides is 1. The second-order valence-electron chi connectivity index (χ2n) is 2.69. The Hall–Kier alpha value is -0.350. The summed E-state index contributed by atoms with van der Waals surface area (Å²) in [6, 6.07) is 5.40. The molecule has 0 heterocycles. The molecule has 0 atom stereocenters. The van der Waals surface area contributed by atoms with Gasteiger partial charge in [-0.2, -0.15) is 0 Å². The lowest BCUT2D eigenvalue weighted by molar-refractivity contribution is 0.111. The van der Waals surface area contributed by atoms with Crippen LogP contribution in [0.3, 0.4) is 0 Å². The van der Waals surface area contributed by atoms with Gasteiger partial charge in [0.05, 0.1) is 12.2 Å². The van der Waals surface area contributed by atoms with Gasteiger partial charge in [-0.25, -0.2) is 0 Å². The number of carbonyl (C=O) groups excluding carboxylic acids is 1. The topological polar surface area (TPSA) is 26.3 Å². The summed E-state index contributed by atoms with van der Waals surface area (Å²) in [5.74, 6) is 0.643. The van der Waals surface area contributed by atoms with Crippen molar-refractivity contribution in [3.63, 3.8) is 0 Å². The first-order chi connectivity index (χ1) is 6.77. The Balaban J connectivity index is 2.70. The summed E-state index contributed by atoms with van der Waals surface area (Å²) in [5, 5.41) is 0.903. The lowest BCUT2D eigenvalue weighted by Gasteiger charge is -2.07. The van der Waals surface area contributed by atoms with Crippen LogP contribution in [0.4, 0.5) is 0 Å². The maximum atomic E-state index is 10.7. The third-order valence-corrected chi connectivity index (χ3v) is 2.69. The molecule has 4 heteroatoms. The van der Waals surface area contributed by atoms with Crippen LogP contribution < -0.4 is 4.74 Å². The quantitative estimate of drug-likeness (QED) is 0.472. The van der Waals surface area contributed by atoms with E-state index in [9.17, 15) is 4.79 Å². The summed E-state index contributed by atoms with van der Waals surface area (Å²) < 4.78 is 6.32. The summed E-state index contributed by atoms with van der Waals surface area (Å²) >= 11 is 6.61. The van der Waals surface area contributed by atoms with Gasteiger partial charge in [-0.05, 0) is 24.6 Å². The van der Waals surface area contributed by atoms with Crippen molar-refractivity contribution in [3.8, 4) is 5.75 Å². The molecule has 1 rings (SSSR count). The van der Waals surface area contributed by atoms with Crippen molar-refractivity contribution in [3.05, 3.63) is 28.2 Å². The molecule has 0 spiro atoms. The average Bonchev–Trinajstić information content (AvgIpc) is 2.20. The highest BCUT2D eigenvalue weighted by Crippen LogP contribution is 2.21. The SMILES string of the molecule is O=Cc1cc(Br)ccc1OCCCBr. The van der Waals surface area contributed by atoms with Crippen LogP contribution in [0.5, 0.6) is 5.75 Å². The Kier molecular flexibility index (Phi) is 5.19. The maximum absolute atomic E-state index is 10.7. The van der Waals surface area contributed by atoms with Crippen LogP contribution in [-0.4, -0.2) is 18.2 Å². The molecule has 76 valence electrons. The summed E-state index contributed by atoms with van der Waals surface area (Å²) in [4.78, 5) is 10.7. The average molecular weight is 322 g/mol. The second-order valence-corrected chi connectivity index (χ2v) is 4.40. The predicted octanol–water partition coefficient (Wildman–Crippen LogP) is 3.43. The second kappa shape index (κ2) is 6.19. The van der Waals surface area contributed by atoms with E-state index in [2.05, 4.69) is 31.9 Å². The lowest BCUT2D eigenvalue weighted by atomic mass is 10.2. The Bertz CT molecular complexity index is 313. The zero-order chi connectivity index (χ0) is 10.4. The Morgan fingerprint density at radius 2 is 2.21 bits per heavy atom. The van der Waals surface area contributed by atoms with E-state index in [4.69, 9.17) is 4.74 Å². The molecular formula is C10H10Br2O2. The first kappa shape index (κ1) is 11.7. The fraction of sp³-hybridized carbons (Fsp3) is 0.300. The molecule has 0 unspecified atom stereocenters. The molecule has 0 bridgehead atoms. The van der Waals surface area contributed by atoms with Crippen LogP contribution in [0.25, 0.3) is 0 Å². The normalized spacial score (nSPS) is 9.86. The minimum atomic E-state index is 0.578. The van der Waals surface area contributed by atoms with Gasteiger partial charge in [-0.1, -0.05) is 31.9 Å². The number of benzene rings is 1. The van der Waals surface area contributed by atoms with E-state index in [1.54, 1.807) is 12.1 Å². The Morgan fingerprint density at radius 3 is 2.86 bits per heavy atom. The van der Waals surface area contributed by atoms with Crippen molar-refractivity contribution in [1.29, 1.82) is 0 Å². The van der Waals surface area contributed by atoms with Crippen molar-refractivity contribution >= 4 is 38.1 Å². The molecule has 0 saturated heterocycles. The summed E-state index contributed by atoms with van der Waals surface area (Å²) in [7, 11) is 0. The first-order valence-corrected chi connectivity index (χ1v) is 6.13. The van der Waals surface area contributed by atoms with E-state index in [0.717, 1.165) is 22.5 Å². The van der Waals surface area contributed by atoms with E-state index in [0.29, 0.717) is 17.9 Å². The molecule has 0 aliphatic heterocycles. The third kappa shape index (κ3) is 3.42. The molecule has 2 nitrogen and oxygen atoms in total. The fourth-order valence-corrected chi connectivity index (χ4v) is 1.59. The molecule has 0 saturated carbocycles. The zero-order valence-electron chi connectivity index (χ0n) is 7.50. The third-order valence-electron chi connectivity index (χ3n) is 1.63. The number of rotatable bonds is 5. The van der Waals surface area contributed by atoms with Gasteiger partial charge in [0.2, 0.25) is 0 Å². The van der Waals surface area contributed by atoms with Crippen LogP contribution in [0, 0.1) is 0 Å². The van der Waals surface area contributed by atoms with E-state index in [1.165, 1.54) is 0 Å². The molecule has 14 heavy (non-hydrogen) atoms. The highest BCUT2D eigenvalue weighted by Gasteiger charge is 2.02. The van der Waals surface area contributed by atoms with Crippen molar-refractivity contribution in [2.45, 2.75) is 6.42 Å². The van der Waals surface area contributed by atoms with Crippen LogP contribution >= 0.6 is 31.9 Å². The van der Waals surface area contributed by atoms with E-state index in [-0.39, 0.29) is 0 Å². The molecule has 0 aliphatic carbocycles. The molecule has 0 N–H and O–H groups in total. The molecule has 0 radical (unpaired) electrons. The van der Waals surface area contributed by atoms with Gasteiger partial charge in [-0.15, -0.1) is 0 Å². The Morgan fingerprint density at radius 1 is 1.43 bits per heavy atom. The number of carbonyl (C=O) groups is 1.